The van der Waals surface area contributed by atoms with Crippen LogP contribution in [0.25, 0.3) is 16.0 Å². The second-order valence-electron chi connectivity index (χ2n) is 8.80. The predicted molar refractivity (Wildman–Crippen MR) is 148 cm³/mol. The molecule has 0 bridgehead atoms. The zero-order valence-corrected chi connectivity index (χ0v) is 22.8. The van der Waals surface area contributed by atoms with E-state index in [2.05, 4.69) is 4.98 Å². The van der Waals surface area contributed by atoms with Crippen LogP contribution in [0.15, 0.2) is 60.2 Å². The molecule has 1 aliphatic rings. The molecule has 1 N–H and O–H groups in total. The number of aliphatic hydroxyl groups excluding tert-OH is 1. The van der Waals surface area contributed by atoms with Crippen molar-refractivity contribution < 1.29 is 33.6 Å². The van der Waals surface area contributed by atoms with Gasteiger partial charge in [-0.15, -0.1) is 0 Å². The van der Waals surface area contributed by atoms with Gasteiger partial charge < -0.3 is 24.1 Å². The van der Waals surface area contributed by atoms with Crippen molar-refractivity contribution in [2.45, 2.75) is 13.0 Å². The van der Waals surface area contributed by atoms with Gasteiger partial charge in [0.15, 0.2) is 16.6 Å². The summed E-state index contributed by atoms with van der Waals surface area (Å²) in [6, 6.07) is 14.6. The maximum absolute atomic E-state index is 13.6. The van der Waals surface area contributed by atoms with E-state index in [0.29, 0.717) is 44.8 Å². The van der Waals surface area contributed by atoms with Crippen LogP contribution in [0.2, 0.25) is 0 Å². The number of rotatable bonds is 7. The molecule has 5 rings (SSSR count). The Labute approximate surface area is 228 Å². The molecule has 3 aromatic carbocycles. The minimum atomic E-state index is -0.977. The number of aromatic nitrogens is 1. The highest BCUT2D eigenvalue weighted by Gasteiger charge is 2.48. The number of ether oxygens (including phenoxy) is 4. The number of nitrogens with zero attached hydrogens (tertiary/aromatic N) is 2. The fourth-order valence-corrected chi connectivity index (χ4v) is 5.69. The summed E-state index contributed by atoms with van der Waals surface area (Å²) in [5.74, 6) is 0.250. The molecular weight excluding hydrogens is 520 g/mol. The Bertz CT molecular complexity index is 1640. The van der Waals surface area contributed by atoms with Crippen molar-refractivity contribution in [3.63, 3.8) is 0 Å². The number of fused-ring (bicyclic) bond motifs is 1. The molecule has 1 aromatic heterocycles. The van der Waals surface area contributed by atoms with Crippen LogP contribution in [0.4, 0.5) is 5.13 Å². The molecular formula is C29H26N2O7S. The van der Waals surface area contributed by atoms with Gasteiger partial charge in [0.25, 0.3) is 5.78 Å². The minimum Gasteiger partial charge on any atom is -0.507 e. The van der Waals surface area contributed by atoms with Crippen LogP contribution in [0, 0.1) is 6.92 Å². The van der Waals surface area contributed by atoms with Crippen LogP contribution in [0.3, 0.4) is 0 Å². The average molecular weight is 547 g/mol. The van der Waals surface area contributed by atoms with Gasteiger partial charge in [-0.1, -0.05) is 17.4 Å². The smallest absolute Gasteiger partial charge is 0.301 e. The van der Waals surface area contributed by atoms with Gasteiger partial charge in [-0.3, -0.25) is 14.5 Å². The van der Waals surface area contributed by atoms with Crippen molar-refractivity contribution in [1.29, 1.82) is 0 Å². The molecule has 10 heteroatoms. The first-order valence-electron chi connectivity index (χ1n) is 11.9. The van der Waals surface area contributed by atoms with Gasteiger partial charge in [-0.05, 0) is 66.6 Å². The van der Waals surface area contributed by atoms with Crippen LogP contribution in [-0.4, -0.2) is 50.2 Å². The molecule has 0 aliphatic carbocycles. The van der Waals surface area contributed by atoms with Crippen LogP contribution < -0.4 is 23.8 Å². The predicted octanol–water partition coefficient (Wildman–Crippen LogP) is 5.27. The van der Waals surface area contributed by atoms with E-state index in [9.17, 15) is 14.7 Å². The molecule has 1 amide bonds. The van der Waals surface area contributed by atoms with Crippen molar-refractivity contribution in [3.8, 4) is 23.0 Å². The van der Waals surface area contributed by atoms with E-state index >= 15 is 0 Å². The van der Waals surface area contributed by atoms with E-state index in [1.807, 2.05) is 13.0 Å². The second kappa shape index (κ2) is 10.3. The SMILES string of the molecule is COc1ccc2nc(N3C(=O)C(=O)C(=C(O)c4ccc(OC)c(C)c4)[C@H]3c3ccc(OC)c(OC)c3)sc2c1. The quantitative estimate of drug-likeness (QED) is 0.190. The summed E-state index contributed by atoms with van der Waals surface area (Å²) in [4.78, 5) is 33.1. The minimum absolute atomic E-state index is 0.0615. The van der Waals surface area contributed by atoms with Crippen molar-refractivity contribution in [2.75, 3.05) is 33.3 Å². The van der Waals surface area contributed by atoms with Crippen molar-refractivity contribution in [2.24, 2.45) is 0 Å². The number of benzene rings is 3. The lowest BCUT2D eigenvalue weighted by Gasteiger charge is -2.23. The summed E-state index contributed by atoms with van der Waals surface area (Å²) in [5, 5.41) is 11.8. The maximum atomic E-state index is 13.6. The summed E-state index contributed by atoms with van der Waals surface area (Å²) in [6.07, 6.45) is 0. The number of methoxy groups -OCH3 is 4. The second-order valence-corrected chi connectivity index (χ2v) is 9.81. The molecule has 0 spiro atoms. The van der Waals surface area contributed by atoms with Gasteiger partial charge in [0.2, 0.25) is 0 Å². The lowest BCUT2D eigenvalue weighted by Crippen LogP contribution is -2.29. The molecule has 4 aromatic rings. The van der Waals surface area contributed by atoms with Gasteiger partial charge in [0, 0.05) is 5.56 Å². The van der Waals surface area contributed by atoms with Gasteiger partial charge in [-0.25, -0.2) is 4.98 Å². The number of aryl methyl sites for hydroxylation is 1. The highest BCUT2D eigenvalue weighted by molar-refractivity contribution is 7.22. The average Bonchev–Trinajstić information content (AvgIpc) is 3.49. The number of carbonyl (C=O) groups excluding carboxylic acids is 2. The number of aliphatic hydroxyl groups is 1. The highest BCUT2D eigenvalue weighted by atomic mass is 32.1. The number of hydrogen-bond donors (Lipinski definition) is 1. The Kier molecular flexibility index (Phi) is 6.88. The monoisotopic (exact) mass is 546 g/mol. The summed E-state index contributed by atoms with van der Waals surface area (Å²) in [5.41, 5.74) is 2.27. The normalized spacial score (nSPS) is 16.5. The highest BCUT2D eigenvalue weighted by Crippen LogP contribution is 2.46. The van der Waals surface area contributed by atoms with Crippen molar-refractivity contribution in [3.05, 3.63) is 76.9 Å². The third kappa shape index (κ3) is 4.42. The number of thiazole rings is 1. The fourth-order valence-electron chi connectivity index (χ4n) is 4.67. The molecule has 2 heterocycles. The first-order valence-corrected chi connectivity index (χ1v) is 12.8. The Morgan fingerprint density at radius 1 is 0.872 bits per heavy atom. The van der Waals surface area contributed by atoms with Crippen LogP contribution in [-0.2, 0) is 9.59 Å². The molecule has 200 valence electrons. The molecule has 0 saturated carbocycles. The van der Waals surface area contributed by atoms with E-state index in [1.165, 1.54) is 30.5 Å². The van der Waals surface area contributed by atoms with E-state index in [0.717, 1.165) is 10.3 Å². The largest absolute Gasteiger partial charge is 0.507 e. The fraction of sp³-hybridized carbons (Fsp3) is 0.207. The van der Waals surface area contributed by atoms with Gasteiger partial charge in [0.05, 0.1) is 50.3 Å². The zero-order valence-electron chi connectivity index (χ0n) is 22.0. The third-order valence-corrected chi connectivity index (χ3v) is 7.64. The molecule has 0 radical (unpaired) electrons. The molecule has 9 nitrogen and oxygen atoms in total. The number of Topliss-reactive ketones (excluding diaryl/α,β-unsaturated/α-hetero) is 1. The number of carbonyl (C=O) groups is 2. The molecule has 0 unspecified atom stereocenters. The number of hydrogen-bond acceptors (Lipinski definition) is 9. The summed E-state index contributed by atoms with van der Waals surface area (Å²) in [7, 11) is 6.14. The van der Waals surface area contributed by atoms with Gasteiger partial charge >= 0.3 is 5.91 Å². The van der Waals surface area contributed by atoms with Crippen LogP contribution in [0.5, 0.6) is 23.0 Å². The molecule has 1 saturated heterocycles. The Morgan fingerprint density at radius 2 is 1.59 bits per heavy atom. The number of amides is 1. The number of ketones is 1. The van der Waals surface area contributed by atoms with Crippen molar-refractivity contribution in [1.82, 2.24) is 4.98 Å². The van der Waals surface area contributed by atoms with Crippen molar-refractivity contribution >= 4 is 44.1 Å². The summed E-state index contributed by atoms with van der Waals surface area (Å²) >= 11 is 1.25. The van der Waals surface area contributed by atoms with E-state index < -0.39 is 17.7 Å². The van der Waals surface area contributed by atoms with E-state index in [-0.39, 0.29) is 11.3 Å². The van der Waals surface area contributed by atoms with E-state index in [1.54, 1.807) is 62.8 Å². The molecule has 39 heavy (non-hydrogen) atoms. The Balaban J connectivity index is 1.74. The topological polar surface area (TPSA) is 107 Å². The Morgan fingerprint density at radius 3 is 2.26 bits per heavy atom. The van der Waals surface area contributed by atoms with E-state index in [4.69, 9.17) is 18.9 Å². The molecule has 1 fully saturated rings. The summed E-state index contributed by atoms with van der Waals surface area (Å²) in [6.45, 7) is 1.83. The molecule has 1 aliphatic heterocycles. The lowest BCUT2D eigenvalue weighted by molar-refractivity contribution is -0.132. The van der Waals surface area contributed by atoms with Gasteiger partial charge in [-0.2, -0.15) is 0 Å². The van der Waals surface area contributed by atoms with Crippen LogP contribution in [0.1, 0.15) is 22.7 Å². The molecule has 1 atom stereocenters. The first kappa shape index (κ1) is 26.1. The number of anilines is 1. The standard InChI is InChI=1S/C29H26N2O7S/c1-15-12-17(7-10-20(15)36-3)26(32)24-25(16-6-11-21(37-4)22(13-16)38-5)31(28(34)27(24)33)29-30-19-9-8-18(35-2)14-23(19)39-29/h6-14,25,32H,1-5H3/t25-/m1/s1. The maximum Gasteiger partial charge on any atom is 0.301 e. The third-order valence-electron chi connectivity index (χ3n) is 6.63. The summed E-state index contributed by atoms with van der Waals surface area (Å²) < 4.78 is 22.3. The Hall–Kier alpha value is -4.57. The van der Waals surface area contributed by atoms with Gasteiger partial charge in [0.1, 0.15) is 17.3 Å². The first-order chi connectivity index (χ1) is 18.8. The lowest BCUT2D eigenvalue weighted by atomic mass is 9.94. The van der Waals surface area contributed by atoms with Crippen LogP contribution >= 0.6 is 11.3 Å². The zero-order chi connectivity index (χ0) is 27.8.